The highest BCUT2D eigenvalue weighted by Crippen LogP contribution is 2.35. The van der Waals surface area contributed by atoms with E-state index in [1.807, 2.05) is 85.9 Å². The highest BCUT2D eigenvalue weighted by molar-refractivity contribution is 7.98. The number of ether oxygens (including phenoxy) is 2. The van der Waals surface area contributed by atoms with Crippen LogP contribution in [0.3, 0.4) is 0 Å². The van der Waals surface area contributed by atoms with Crippen LogP contribution in [0.4, 0.5) is 0 Å². The molecule has 0 atom stereocenters. The molecule has 168 valence electrons. The lowest BCUT2D eigenvalue weighted by Gasteiger charge is -2.13. The van der Waals surface area contributed by atoms with Crippen molar-refractivity contribution < 1.29 is 9.47 Å². The molecule has 6 rings (SSSR count). The first-order chi connectivity index (χ1) is 16.7. The summed E-state index contributed by atoms with van der Waals surface area (Å²) in [5, 5.41) is 0.635. The number of thioether (sulfide) groups is 1. The maximum Gasteiger partial charge on any atom is 0.283 e. The van der Waals surface area contributed by atoms with Gasteiger partial charge in [-0.05, 0) is 42.3 Å². The molecule has 1 aliphatic heterocycles. The zero-order chi connectivity index (χ0) is 23.1. The molecule has 3 aromatic carbocycles. The van der Waals surface area contributed by atoms with E-state index in [2.05, 4.69) is 4.98 Å². The van der Waals surface area contributed by atoms with Crippen molar-refractivity contribution in [1.29, 1.82) is 0 Å². The van der Waals surface area contributed by atoms with E-state index in [4.69, 9.17) is 14.5 Å². The Morgan fingerprint density at radius 2 is 1.79 bits per heavy atom. The number of rotatable bonds is 5. The van der Waals surface area contributed by atoms with Crippen molar-refractivity contribution in [3.8, 4) is 28.3 Å². The van der Waals surface area contributed by atoms with Gasteiger partial charge >= 0.3 is 0 Å². The number of aromatic nitrogens is 3. The molecule has 34 heavy (non-hydrogen) atoms. The minimum Gasteiger partial charge on any atom is -0.454 e. The number of benzene rings is 3. The van der Waals surface area contributed by atoms with E-state index < -0.39 is 0 Å². The number of hydrogen-bond acceptors (Lipinski definition) is 5. The maximum absolute atomic E-state index is 13.7. The molecule has 1 N–H and O–H groups in total. The van der Waals surface area contributed by atoms with Gasteiger partial charge in [-0.25, -0.2) is 4.98 Å². The lowest BCUT2D eigenvalue weighted by atomic mass is 10.1. The van der Waals surface area contributed by atoms with Gasteiger partial charge in [0.25, 0.3) is 5.56 Å². The van der Waals surface area contributed by atoms with Crippen molar-refractivity contribution in [2.24, 2.45) is 0 Å². The van der Waals surface area contributed by atoms with Gasteiger partial charge in [-0.3, -0.25) is 9.36 Å². The molecule has 6 nitrogen and oxygen atoms in total. The monoisotopic (exact) mass is 467 g/mol. The summed E-state index contributed by atoms with van der Waals surface area (Å²) in [6.07, 6.45) is 1.86. The third-order valence-electron chi connectivity index (χ3n) is 5.85. The predicted octanol–water partition coefficient (Wildman–Crippen LogP) is 5.71. The fourth-order valence-electron chi connectivity index (χ4n) is 4.07. The summed E-state index contributed by atoms with van der Waals surface area (Å²) in [5.41, 5.74) is 5.95. The van der Waals surface area contributed by atoms with Gasteiger partial charge in [0, 0.05) is 17.5 Å². The fraction of sp³-hybridized carbons (Fsp3) is 0.111. The van der Waals surface area contributed by atoms with Crippen molar-refractivity contribution in [2.45, 2.75) is 17.8 Å². The van der Waals surface area contributed by atoms with Crippen LogP contribution in [0.15, 0.2) is 88.9 Å². The van der Waals surface area contributed by atoms with E-state index in [9.17, 15) is 4.79 Å². The second kappa shape index (κ2) is 8.43. The largest absolute Gasteiger partial charge is 0.454 e. The molecule has 0 saturated heterocycles. The molecule has 0 radical (unpaired) electrons. The summed E-state index contributed by atoms with van der Waals surface area (Å²) >= 11 is 1.52. The van der Waals surface area contributed by atoms with Crippen LogP contribution in [0, 0.1) is 6.92 Å². The minimum absolute atomic E-state index is 0.121. The Kier molecular flexibility index (Phi) is 5.11. The summed E-state index contributed by atoms with van der Waals surface area (Å²) in [5.74, 6) is 2.13. The van der Waals surface area contributed by atoms with Crippen molar-refractivity contribution >= 4 is 22.8 Å². The molecule has 3 heterocycles. The molecule has 2 aromatic heterocycles. The molecule has 0 saturated carbocycles. The van der Waals surface area contributed by atoms with Crippen molar-refractivity contribution in [3.63, 3.8) is 0 Å². The van der Waals surface area contributed by atoms with Gasteiger partial charge in [-0.2, -0.15) is 0 Å². The van der Waals surface area contributed by atoms with Crippen LogP contribution in [0.1, 0.15) is 11.1 Å². The average Bonchev–Trinajstić information content (AvgIpc) is 3.51. The van der Waals surface area contributed by atoms with Crippen LogP contribution >= 0.6 is 11.8 Å². The lowest BCUT2D eigenvalue weighted by molar-refractivity contribution is 0.174. The Balaban J connectivity index is 1.47. The molecule has 0 fully saturated rings. The summed E-state index contributed by atoms with van der Waals surface area (Å²) in [6.45, 7) is 2.27. The molecule has 0 aliphatic carbocycles. The number of aromatic amines is 1. The van der Waals surface area contributed by atoms with Gasteiger partial charge < -0.3 is 14.5 Å². The van der Waals surface area contributed by atoms with Crippen LogP contribution in [0.25, 0.3) is 27.8 Å². The Hall–Kier alpha value is -3.97. The number of hydrogen-bond donors (Lipinski definition) is 1. The second-order valence-corrected chi connectivity index (χ2v) is 9.08. The van der Waals surface area contributed by atoms with E-state index >= 15 is 0 Å². The number of H-pyrrole nitrogens is 1. The first-order valence-corrected chi connectivity index (χ1v) is 11.9. The average molecular weight is 468 g/mol. The van der Waals surface area contributed by atoms with Crippen LogP contribution in [-0.2, 0) is 5.75 Å². The standard InChI is InChI=1S/C27H21N3O3S/c1-17-7-10-20(11-8-17)30-26(31)25-24(21(14-28-25)19-5-3-2-4-6-19)29-27(30)34-15-18-9-12-22-23(13-18)33-16-32-22/h2-14,28H,15-16H2,1H3. The normalized spacial score (nSPS) is 12.4. The molecule has 0 unspecified atom stereocenters. The molecule has 1 aliphatic rings. The summed E-state index contributed by atoms with van der Waals surface area (Å²) in [6, 6.07) is 23.8. The first kappa shape index (κ1) is 20.6. The van der Waals surface area contributed by atoms with Crippen molar-refractivity contribution in [2.75, 3.05) is 6.79 Å². The van der Waals surface area contributed by atoms with Gasteiger partial charge in [0.1, 0.15) is 11.0 Å². The summed E-state index contributed by atoms with van der Waals surface area (Å²) < 4.78 is 12.6. The zero-order valence-corrected chi connectivity index (χ0v) is 19.3. The minimum atomic E-state index is -0.121. The smallest absolute Gasteiger partial charge is 0.283 e. The molecular formula is C27H21N3O3S. The third kappa shape index (κ3) is 3.64. The first-order valence-electron chi connectivity index (χ1n) is 11.0. The van der Waals surface area contributed by atoms with Gasteiger partial charge in [0.15, 0.2) is 16.7 Å². The Bertz CT molecular complexity index is 1560. The highest BCUT2D eigenvalue weighted by Gasteiger charge is 2.19. The van der Waals surface area contributed by atoms with E-state index in [-0.39, 0.29) is 12.4 Å². The molecule has 5 aromatic rings. The van der Waals surface area contributed by atoms with Gasteiger partial charge in [-0.15, -0.1) is 0 Å². The Morgan fingerprint density at radius 3 is 2.62 bits per heavy atom. The van der Waals surface area contributed by atoms with Crippen molar-refractivity contribution in [1.82, 2.24) is 14.5 Å². The van der Waals surface area contributed by atoms with Crippen LogP contribution in [0.5, 0.6) is 11.5 Å². The highest BCUT2D eigenvalue weighted by atomic mass is 32.2. The molecule has 0 bridgehead atoms. The lowest BCUT2D eigenvalue weighted by Crippen LogP contribution is -2.21. The van der Waals surface area contributed by atoms with Crippen molar-refractivity contribution in [3.05, 3.63) is 100 Å². The van der Waals surface area contributed by atoms with Gasteiger partial charge in [0.2, 0.25) is 6.79 Å². The van der Waals surface area contributed by atoms with Gasteiger partial charge in [-0.1, -0.05) is 65.9 Å². The molecule has 0 amide bonds. The Labute approximate surface area is 200 Å². The predicted molar refractivity (Wildman–Crippen MR) is 134 cm³/mol. The van der Waals surface area contributed by atoms with E-state index in [0.717, 1.165) is 39.4 Å². The SMILES string of the molecule is Cc1ccc(-n2c(SCc3ccc4c(c3)OCO4)nc3c(-c4ccccc4)c[nH]c3c2=O)cc1. The van der Waals surface area contributed by atoms with Gasteiger partial charge in [0.05, 0.1) is 5.69 Å². The molecule has 0 spiro atoms. The quantitative estimate of drug-likeness (QED) is 0.265. The van der Waals surface area contributed by atoms with E-state index in [1.54, 1.807) is 4.57 Å². The number of nitrogens with zero attached hydrogens (tertiary/aromatic N) is 2. The summed E-state index contributed by atoms with van der Waals surface area (Å²) in [4.78, 5) is 21.9. The number of nitrogens with one attached hydrogen (secondary N) is 1. The van der Waals surface area contributed by atoms with E-state index in [1.165, 1.54) is 11.8 Å². The summed E-state index contributed by atoms with van der Waals surface area (Å²) in [7, 11) is 0. The topological polar surface area (TPSA) is 69.1 Å². The number of aryl methyl sites for hydroxylation is 1. The third-order valence-corrected chi connectivity index (χ3v) is 6.86. The molecule has 7 heteroatoms. The Morgan fingerprint density at radius 1 is 1.00 bits per heavy atom. The van der Waals surface area contributed by atoms with Crippen LogP contribution in [-0.4, -0.2) is 21.3 Å². The fourth-order valence-corrected chi connectivity index (χ4v) is 5.02. The van der Waals surface area contributed by atoms with E-state index in [0.29, 0.717) is 21.9 Å². The van der Waals surface area contributed by atoms with Crippen LogP contribution < -0.4 is 15.0 Å². The molecular weight excluding hydrogens is 446 g/mol. The number of fused-ring (bicyclic) bond motifs is 2. The van der Waals surface area contributed by atoms with Crippen LogP contribution in [0.2, 0.25) is 0 Å². The zero-order valence-electron chi connectivity index (χ0n) is 18.4. The maximum atomic E-state index is 13.7. The second-order valence-electron chi connectivity index (χ2n) is 8.14.